The average molecular weight is 456 g/mol. The zero-order valence-electron chi connectivity index (χ0n) is 20.1. The summed E-state index contributed by atoms with van der Waals surface area (Å²) in [4.78, 5) is 14.2. The van der Waals surface area contributed by atoms with Crippen molar-refractivity contribution in [2.45, 2.75) is 51.5 Å². The van der Waals surface area contributed by atoms with Crippen molar-refractivity contribution < 1.29 is 4.74 Å². The van der Waals surface area contributed by atoms with Gasteiger partial charge in [0, 0.05) is 32.2 Å². The van der Waals surface area contributed by atoms with Crippen LogP contribution >= 0.6 is 0 Å². The number of nitrogens with one attached hydrogen (secondary N) is 1. The molecule has 0 unspecified atom stereocenters. The fourth-order valence-electron chi connectivity index (χ4n) is 5.02. The number of fused-ring (bicyclic) bond motifs is 1. The van der Waals surface area contributed by atoms with Crippen LogP contribution in [0.15, 0.2) is 61.1 Å². The number of aromatic nitrogens is 4. The first kappa shape index (κ1) is 22.5. The third-order valence-corrected chi connectivity index (χ3v) is 6.97. The predicted molar refractivity (Wildman–Crippen MR) is 137 cm³/mol. The summed E-state index contributed by atoms with van der Waals surface area (Å²) in [5, 5.41) is 3.61. The number of nitrogens with zero attached hydrogens (tertiary/aromatic N) is 4. The van der Waals surface area contributed by atoms with E-state index in [9.17, 15) is 0 Å². The second-order valence-electron chi connectivity index (χ2n) is 9.38. The van der Waals surface area contributed by atoms with Gasteiger partial charge in [0.2, 0.25) is 5.95 Å². The third-order valence-electron chi connectivity index (χ3n) is 6.97. The Bertz CT molecular complexity index is 1230. The van der Waals surface area contributed by atoms with Crippen LogP contribution in [0.5, 0.6) is 0 Å². The number of rotatable bonds is 8. The molecule has 1 fully saturated rings. The molecular weight excluding hydrogens is 422 g/mol. The zero-order chi connectivity index (χ0) is 23.3. The minimum atomic E-state index is 0.432. The molecule has 0 spiro atoms. The summed E-state index contributed by atoms with van der Waals surface area (Å²) in [7, 11) is 1.78. The normalized spacial score (nSPS) is 18.3. The molecule has 1 N–H and O–H groups in total. The Morgan fingerprint density at radius 3 is 2.59 bits per heavy atom. The largest absolute Gasteiger partial charge is 0.385 e. The number of pyridine rings is 1. The lowest BCUT2D eigenvalue weighted by atomic mass is 9.83. The van der Waals surface area contributed by atoms with Gasteiger partial charge in [0.1, 0.15) is 5.65 Å². The lowest BCUT2D eigenvalue weighted by Gasteiger charge is -2.29. The molecule has 1 aliphatic rings. The Labute approximate surface area is 201 Å². The van der Waals surface area contributed by atoms with Crippen LogP contribution in [0.1, 0.15) is 44.1 Å². The van der Waals surface area contributed by atoms with Crippen LogP contribution < -0.4 is 5.32 Å². The zero-order valence-corrected chi connectivity index (χ0v) is 20.1. The summed E-state index contributed by atoms with van der Waals surface area (Å²) in [5.74, 6) is 1.53. The van der Waals surface area contributed by atoms with Gasteiger partial charge in [-0.3, -0.25) is 4.40 Å². The molecule has 1 aliphatic carbocycles. The Morgan fingerprint density at radius 1 is 0.971 bits per heavy atom. The second kappa shape index (κ2) is 10.3. The molecule has 0 atom stereocenters. The molecule has 0 bridgehead atoms. The fourth-order valence-corrected chi connectivity index (χ4v) is 5.02. The van der Waals surface area contributed by atoms with Crippen molar-refractivity contribution in [3.63, 3.8) is 0 Å². The number of imidazole rings is 1. The molecular formula is C28H33N5O. The quantitative estimate of drug-likeness (QED) is 0.322. The van der Waals surface area contributed by atoms with E-state index >= 15 is 0 Å². The predicted octanol–water partition coefficient (Wildman–Crippen LogP) is 6.16. The molecule has 4 aromatic rings. The molecule has 3 heterocycles. The second-order valence-corrected chi connectivity index (χ2v) is 9.38. The third kappa shape index (κ3) is 4.97. The molecule has 0 radical (unpaired) electrons. The van der Waals surface area contributed by atoms with Gasteiger partial charge in [0.05, 0.1) is 17.6 Å². The van der Waals surface area contributed by atoms with Gasteiger partial charge in [0.15, 0.2) is 0 Å². The van der Waals surface area contributed by atoms with Crippen molar-refractivity contribution in [2.75, 3.05) is 19.0 Å². The minimum Gasteiger partial charge on any atom is -0.385 e. The van der Waals surface area contributed by atoms with Gasteiger partial charge in [-0.1, -0.05) is 30.3 Å². The molecule has 6 nitrogen and oxygen atoms in total. The lowest BCUT2D eigenvalue weighted by molar-refractivity contribution is 0.181. The van der Waals surface area contributed by atoms with Crippen LogP contribution in [0, 0.1) is 12.8 Å². The Balaban J connectivity index is 1.34. The van der Waals surface area contributed by atoms with Crippen molar-refractivity contribution in [3.8, 4) is 22.5 Å². The smallest absolute Gasteiger partial charge is 0.223 e. The number of hydrogen-bond acceptors (Lipinski definition) is 5. The van der Waals surface area contributed by atoms with E-state index in [1.54, 1.807) is 7.11 Å². The van der Waals surface area contributed by atoms with Crippen LogP contribution in [0.4, 0.5) is 5.95 Å². The van der Waals surface area contributed by atoms with Gasteiger partial charge < -0.3 is 10.1 Å². The van der Waals surface area contributed by atoms with E-state index in [-0.39, 0.29) is 0 Å². The first-order chi connectivity index (χ1) is 16.7. The summed E-state index contributed by atoms with van der Waals surface area (Å²) < 4.78 is 7.34. The number of aryl methyl sites for hydroxylation is 1. The maximum absolute atomic E-state index is 5.21. The van der Waals surface area contributed by atoms with Crippen molar-refractivity contribution in [1.29, 1.82) is 0 Å². The Morgan fingerprint density at radius 2 is 1.79 bits per heavy atom. The van der Waals surface area contributed by atoms with Gasteiger partial charge in [0.25, 0.3) is 0 Å². The van der Waals surface area contributed by atoms with Gasteiger partial charge in [-0.15, -0.1) is 0 Å². The van der Waals surface area contributed by atoms with Gasteiger partial charge in [-0.25, -0.2) is 15.0 Å². The Kier molecular flexibility index (Phi) is 6.86. The summed E-state index contributed by atoms with van der Waals surface area (Å²) in [6, 6.07) is 15.0. The lowest BCUT2D eigenvalue weighted by Crippen LogP contribution is -2.27. The molecule has 34 heavy (non-hydrogen) atoms. The fraction of sp³-hybridized carbons (Fsp3) is 0.393. The monoisotopic (exact) mass is 455 g/mol. The van der Waals surface area contributed by atoms with E-state index in [0.717, 1.165) is 47.1 Å². The van der Waals surface area contributed by atoms with E-state index in [1.807, 2.05) is 18.5 Å². The molecule has 3 aromatic heterocycles. The highest BCUT2D eigenvalue weighted by molar-refractivity contribution is 5.69. The number of ether oxygens (including phenoxy) is 1. The minimum absolute atomic E-state index is 0.432. The molecule has 1 saturated carbocycles. The SMILES string of the molecule is COCCCC1CCC(Nc2ncc(C)c(-c3cnc4ccc(-c5ccccc5)cn34)n2)CC1. The molecule has 6 heteroatoms. The average Bonchev–Trinajstić information content (AvgIpc) is 3.30. The maximum Gasteiger partial charge on any atom is 0.223 e. The van der Waals surface area contributed by atoms with Crippen molar-refractivity contribution in [3.05, 3.63) is 66.6 Å². The maximum atomic E-state index is 5.21. The summed E-state index contributed by atoms with van der Waals surface area (Å²) in [6.45, 7) is 2.93. The summed E-state index contributed by atoms with van der Waals surface area (Å²) in [5.41, 5.74) is 6.19. The highest BCUT2D eigenvalue weighted by atomic mass is 16.5. The van der Waals surface area contributed by atoms with E-state index in [0.29, 0.717) is 12.0 Å². The van der Waals surface area contributed by atoms with Gasteiger partial charge in [-0.05, 0) is 80.2 Å². The molecule has 5 rings (SSSR count). The van der Waals surface area contributed by atoms with E-state index in [1.165, 1.54) is 37.7 Å². The number of benzene rings is 1. The van der Waals surface area contributed by atoms with Crippen molar-refractivity contribution >= 4 is 11.6 Å². The van der Waals surface area contributed by atoms with E-state index < -0.39 is 0 Å². The van der Waals surface area contributed by atoms with Crippen molar-refractivity contribution in [1.82, 2.24) is 19.4 Å². The molecule has 0 saturated heterocycles. The van der Waals surface area contributed by atoms with E-state index in [2.05, 4.69) is 69.2 Å². The van der Waals surface area contributed by atoms with E-state index in [4.69, 9.17) is 9.72 Å². The van der Waals surface area contributed by atoms with Gasteiger partial charge >= 0.3 is 0 Å². The number of methoxy groups -OCH3 is 1. The van der Waals surface area contributed by atoms with Crippen LogP contribution in [0.2, 0.25) is 0 Å². The molecule has 1 aromatic carbocycles. The Hall–Kier alpha value is -3.25. The number of hydrogen-bond donors (Lipinski definition) is 1. The number of anilines is 1. The first-order valence-corrected chi connectivity index (χ1v) is 12.3. The van der Waals surface area contributed by atoms with Crippen LogP contribution in [0.3, 0.4) is 0 Å². The summed E-state index contributed by atoms with van der Waals surface area (Å²) in [6.07, 6.45) is 13.3. The van der Waals surface area contributed by atoms with Gasteiger partial charge in [-0.2, -0.15) is 0 Å². The van der Waals surface area contributed by atoms with Crippen LogP contribution in [0.25, 0.3) is 28.2 Å². The molecule has 176 valence electrons. The topological polar surface area (TPSA) is 64.3 Å². The standard InChI is InChI=1S/C28H33N5O/c1-20-17-30-28(31-24-13-10-21(11-14-24)7-6-16-34-2)32-27(20)25-18-29-26-15-12-23(19-33(25)26)22-8-4-3-5-9-22/h3-5,8-9,12,15,17-19,21,24H,6-7,10-11,13-14,16H2,1-2H3,(H,30,31,32). The molecule has 0 amide bonds. The highest BCUT2D eigenvalue weighted by Crippen LogP contribution is 2.30. The highest BCUT2D eigenvalue weighted by Gasteiger charge is 2.22. The van der Waals surface area contributed by atoms with Crippen molar-refractivity contribution in [2.24, 2.45) is 5.92 Å². The first-order valence-electron chi connectivity index (χ1n) is 12.3. The van der Waals surface area contributed by atoms with Crippen LogP contribution in [-0.4, -0.2) is 39.1 Å². The van der Waals surface area contributed by atoms with Crippen LogP contribution in [-0.2, 0) is 4.74 Å². The summed E-state index contributed by atoms with van der Waals surface area (Å²) >= 11 is 0. The molecule has 0 aliphatic heterocycles.